The lowest BCUT2D eigenvalue weighted by Gasteiger charge is -2.19. The minimum absolute atomic E-state index is 0.164. The summed E-state index contributed by atoms with van der Waals surface area (Å²) in [7, 11) is 0. The van der Waals surface area contributed by atoms with Crippen LogP contribution in [0.15, 0.2) is 39.9 Å². The van der Waals surface area contributed by atoms with Gasteiger partial charge in [-0.1, -0.05) is 37.3 Å². The molecule has 1 atom stereocenters. The molecular formula is C16H20FN3O2. The van der Waals surface area contributed by atoms with E-state index in [1.807, 2.05) is 37.3 Å². The lowest BCUT2D eigenvalue weighted by Crippen LogP contribution is -2.39. The Hall–Kier alpha value is -2.37. The molecular weight excluding hydrogens is 285 g/mol. The Kier molecular flexibility index (Phi) is 4.80. The molecule has 2 rings (SSSR count). The second kappa shape index (κ2) is 6.60. The molecule has 0 bridgehead atoms. The molecule has 0 radical (unpaired) electrons. The minimum Gasteiger partial charge on any atom is -0.362 e. The first kappa shape index (κ1) is 16.0. The van der Waals surface area contributed by atoms with Gasteiger partial charge in [0.1, 0.15) is 5.82 Å². The van der Waals surface area contributed by atoms with Gasteiger partial charge in [-0.05, 0) is 25.8 Å². The van der Waals surface area contributed by atoms with Crippen molar-refractivity contribution in [2.24, 2.45) is 0 Å². The summed E-state index contributed by atoms with van der Waals surface area (Å²) in [5.41, 5.74) is -0.575. The first-order valence-electron chi connectivity index (χ1n) is 7.31. The fourth-order valence-corrected chi connectivity index (χ4v) is 2.38. The summed E-state index contributed by atoms with van der Waals surface area (Å²) in [5.74, 6) is -1.13. The summed E-state index contributed by atoms with van der Waals surface area (Å²) in [4.78, 5) is 26.4. The zero-order chi connectivity index (χ0) is 16.3. The average molecular weight is 305 g/mol. The van der Waals surface area contributed by atoms with Gasteiger partial charge in [-0.3, -0.25) is 14.3 Å². The second-order valence-corrected chi connectivity index (χ2v) is 5.40. The summed E-state index contributed by atoms with van der Waals surface area (Å²) in [6.07, 6.45) is 0.679. The van der Waals surface area contributed by atoms with E-state index in [2.05, 4.69) is 10.3 Å². The van der Waals surface area contributed by atoms with E-state index in [0.717, 1.165) is 10.1 Å². The van der Waals surface area contributed by atoms with E-state index >= 15 is 0 Å². The number of nitrogens with zero attached hydrogens (tertiary/aromatic N) is 1. The molecule has 118 valence electrons. The fourth-order valence-electron chi connectivity index (χ4n) is 2.38. The number of aromatic amines is 1. The molecule has 22 heavy (non-hydrogen) atoms. The van der Waals surface area contributed by atoms with Crippen LogP contribution in [0.1, 0.15) is 44.8 Å². The summed E-state index contributed by atoms with van der Waals surface area (Å²) < 4.78 is 15.1. The van der Waals surface area contributed by atoms with Gasteiger partial charge in [-0.15, -0.1) is 0 Å². The van der Waals surface area contributed by atoms with Crippen LogP contribution in [-0.4, -0.2) is 9.55 Å². The van der Waals surface area contributed by atoms with Crippen LogP contribution < -0.4 is 16.6 Å². The SMILES string of the molecule is CC[C@H](Nc1[nH]c(=O)n(C(C)C)c(=O)c1F)c1ccccc1. The van der Waals surface area contributed by atoms with Crippen LogP contribution in [0, 0.1) is 5.82 Å². The van der Waals surface area contributed by atoms with Gasteiger partial charge in [-0.25, -0.2) is 4.79 Å². The normalized spacial score (nSPS) is 12.4. The van der Waals surface area contributed by atoms with Gasteiger partial charge in [0.15, 0.2) is 0 Å². The van der Waals surface area contributed by atoms with Crippen LogP contribution in [-0.2, 0) is 0 Å². The van der Waals surface area contributed by atoms with Crippen LogP contribution in [0.3, 0.4) is 0 Å². The largest absolute Gasteiger partial charge is 0.362 e. The molecule has 0 fully saturated rings. The predicted molar refractivity (Wildman–Crippen MR) is 84.8 cm³/mol. The lowest BCUT2D eigenvalue weighted by molar-refractivity contribution is 0.498. The monoisotopic (exact) mass is 305 g/mol. The third-order valence-electron chi connectivity index (χ3n) is 3.52. The molecule has 0 saturated carbocycles. The molecule has 1 heterocycles. The van der Waals surface area contributed by atoms with Crippen molar-refractivity contribution in [1.29, 1.82) is 0 Å². The van der Waals surface area contributed by atoms with Gasteiger partial charge in [0, 0.05) is 6.04 Å². The smallest absolute Gasteiger partial charge is 0.330 e. The van der Waals surface area contributed by atoms with Crippen molar-refractivity contribution in [1.82, 2.24) is 9.55 Å². The molecule has 0 aliphatic carbocycles. The van der Waals surface area contributed by atoms with Gasteiger partial charge in [0.25, 0.3) is 5.56 Å². The van der Waals surface area contributed by atoms with E-state index in [9.17, 15) is 14.0 Å². The zero-order valence-corrected chi connectivity index (χ0v) is 12.9. The summed E-state index contributed by atoms with van der Waals surface area (Å²) >= 11 is 0. The van der Waals surface area contributed by atoms with Crippen LogP contribution in [0.4, 0.5) is 10.2 Å². The molecule has 0 aliphatic rings. The molecule has 1 aromatic heterocycles. The van der Waals surface area contributed by atoms with E-state index in [0.29, 0.717) is 6.42 Å². The van der Waals surface area contributed by atoms with Crippen molar-refractivity contribution in [3.05, 3.63) is 62.6 Å². The van der Waals surface area contributed by atoms with Gasteiger partial charge < -0.3 is 5.32 Å². The van der Waals surface area contributed by atoms with Crippen LogP contribution >= 0.6 is 0 Å². The highest BCUT2D eigenvalue weighted by Crippen LogP contribution is 2.21. The second-order valence-electron chi connectivity index (χ2n) is 5.40. The first-order chi connectivity index (χ1) is 10.5. The van der Waals surface area contributed by atoms with Crippen molar-refractivity contribution < 1.29 is 4.39 Å². The summed E-state index contributed by atoms with van der Waals surface area (Å²) in [6.45, 7) is 5.25. The molecule has 1 aromatic carbocycles. The number of anilines is 1. The maximum absolute atomic E-state index is 14.2. The van der Waals surface area contributed by atoms with Gasteiger partial charge in [-0.2, -0.15) is 4.39 Å². The van der Waals surface area contributed by atoms with E-state index in [1.54, 1.807) is 13.8 Å². The highest BCUT2D eigenvalue weighted by Gasteiger charge is 2.18. The van der Waals surface area contributed by atoms with Crippen molar-refractivity contribution in [2.45, 2.75) is 39.3 Å². The van der Waals surface area contributed by atoms with Gasteiger partial charge >= 0.3 is 5.69 Å². The van der Waals surface area contributed by atoms with Gasteiger partial charge in [0.05, 0.1) is 6.04 Å². The zero-order valence-electron chi connectivity index (χ0n) is 12.9. The van der Waals surface area contributed by atoms with Gasteiger partial charge in [0.2, 0.25) is 5.82 Å². The number of hydrogen-bond donors (Lipinski definition) is 2. The maximum Gasteiger partial charge on any atom is 0.330 e. The molecule has 5 nitrogen and oxygen atoms in total. The minimum atomic E-state index is -0.970. The summed E-state index contributed by atoms with van der Waals surface area (Å²) in [5, 5.41) is 2.92. The number of hydrogen-bond acceptors (Lipinski definition) is 3. The van der Waals surface area contributed by atoms with Crippen LogP contribution in [0.2, 0.25) is 0 Å². The predicted octanol–water partition coefficient (Wildman–Crippen LogP) is 2.82. The molecule has 0 aliphatic heterocycles. The molecule has 2 N–H and O–H groups in total. The number of rotatable bonds is 5. The quantitative estimate of drug-likeness (QED) is 0.892. The number of benzene rings is 1. The third-order valence-corrected chi connectivity index (χ3v) is 3.52. The standard InChI is InChI=1S/C16H20FN3O2/c1-4-12(11-8-6-5-7-9-11)18-14-13(17)15(21)20(10(2)3)16(22)19-14/h5-10,12,18H,4H2,1-3H3,(H,19,22)/t12-/m0/s1. The van der Waals surface area contributed by atoms with E-state index in [1.165, 1.54) is 0 Å². The number of aromatic nitrogens is 2. The van der Waals surface area contributed by atoms with E-state index < -0.39 is 23.1 Å². The molecule has 0 unspecified atom stereocenters. The Balaban J connectivity index is 2.42. The third kappa shape index (κ3) is 3.10. The number of halogens is 1. The van der Waals surface area contributed by atoms with Crippen LogP contribution in [0.25, 0.3) is 0 Å². The number of H-pyrrole nitrogens is 1. The Morgan fingerprint density at radius 1 is 1.23 bits per heavy atom. The molecule has 0 amide bonds. The van der Waals surface area contributed by atoms with Crippen molar-refractivity contribution in [2.75, 3.05) is 5.32 Å². The van der Waals surface area contributed by atoms with E-state index in [4.69, 9.17) is 0 Å². The molecule has 6 heteroatoms. The topological polar surface area (TPSA) is 66.9 Å². The lowest BCUT2D eigenvalue weighted by atomic mass is 10.0. The fraction of sp³-hybridized carbons (Fsp3) is 0.375. The van der Waals surface area contributed by atoms with Crippen molar-refractivity contribution >= 4 is 5.82 Å². The Bertz CT molecular complexity index is 750. The summed E-state index contributed by atoms with van der Waals surface area (Å²) in [6, 6.07) is 8.88. The maximum atomic E-state index is 14.2. The Morgan fingerprint density at radius 2 is 1.86 bits per heavy atom. The highest BCUT2D eigenvalue weighted by atomic mass is 19.1. The molecule has 0 saturated heterocycles. The number of nitrogens with one attached hydrogen (secondary N) is 2. The van der Waals surface area contributed by atoms with E-state index in [-0.39, 0.29) is 11.9 Å². The first-order valence-corrected chi connectivity index (χ1v) is 7.31. The Morgan fingerprint density at radius 3 is 2.41 bits per heavy atom. The highest BCUT2D eigenvalue weighted by molar-refractivity contribution is 5.38. The van der Waals surface area contributed by atoms with Crippen LogP contribution in [0.5, 0.6) is 0 Å². The average Bonchev–Trinajstić information content (AvgIpc) is 2.50. The Labute approximate surface area is 127 Å². The molecule has 0 spiro atoms. The molecule has 2 aromatic rings. The van der Waals surface area contributed by atoms with Crippen molar-refractivity contribution in [3.63, 3.8) is 0 Å². The van der Waals surface area contributed by atoms with Crippen molar-refractivity contribution in [3.8, 4) is 0 Å².